The van der Waals surface area contributed by atoms with Crippen LogP contribution in [0.15, 0.2) is 12.4 Å². The van der Waals surface area contributed by atoms with E-state index in [0.29, 0.717) is 18.2 Å². The Bertz CT molecular complexity index is 542. The van der Waals surface area contributed by atoms with E-state index >= 15 is 0 Å². The van der Waals surface area contributed by atoms with Crippen molar-refractivity contribution >= 4 is 11.8 Å². The molecule has 2 amide bonds. The minimum absolute atomic E-state index is 0.0437. The van der Waals surface area contributed by atoms with Crippen molar-refractivity contribution in [3.8, 4) is 5.88 Å². The molecule has 1 N–H and O–H groups in total. The highest BCUT2D eigenvalue weighted by atomic mass is 16.5. The molecule has 7 heteroatoms. The Morgan fingerprint density at radius 1 is 1.35 bits per heavy atom. The van der Waals surface area contributed by atoms with Gasteiger partial charge in [-0.25, -0.2) is 14.8 Å². The number of piperidine rings is 1. The number of rotatable bonds is 3. The van der Waals surface area contributed by atoms with Gasteiger partial charge in [0, 0.05) is 38.6 Å². The number of hydrogen-bond acceptors (Lipinski definition) is 5. The third-order valence-electron chi connectivity index (χ3n) is 3.50. The fourth-order valence-corrected chi connectivity index (χ4v) is 2.48. The van der Waals surface area contributed by atoms with E-state index in [-0.39, 0.29) is 17.7 Å². The van der Waals surface area contributed by atoms with Gasteiger partial charge in [-0.05, 0) is 33.6 Å². The molecule has 1 aromatic heterocycles. The predicted molar refractivity (Wildman–Crippen MR) is 89.9 cm³/mol. The maximum Gasteiger partial charge on any atom is 0.317 e. The van der Waals surface area contributed by atoms with Gasteiger partial charge in [-0.15, -0.1) is 0 Å². The minimum atomic E-state index is -0.242. The quantitative estimate of drug-likeness (QED) is 0.920. The Balaban J connectivity index is 2.01. The molecule has 1 unspecified atom stereocenters. The summed E-state index contributed by atoms with van der Waals surface area (Å²) < 4.78 is 6.02. The first-order chi connectivity index (χ1) is 10.8. The number of amides is 2. The van der Waals surface area contributed by atoms with Gasteiger partial charge in [0.1, 0.15) is 6.10 Å². The molecule has 0 bridgehead atoms. The van der Waals surface area contributed by atoms with Crippen LogP contribution < -0.4 is 15.0 Å². The van der Waals surface area contributed by atoms with E-state index < -0.39 is 0 Å². The summed E-state index contributed by atoms with van der Waals surface area (Å²) >= 11 is 0. The first kappa shape index (κ1) is 17.3. The zero-order valence-corrected chi connectivity index (χ0v) is 14.7. The number of nitrogens with one attached hydrogen (secondary N) is 1. The summed E-state index contributed by atoms with van der Waals surface area (Å²) in [6, 6.07) is -0.0437. The maximum absolute atomic E-state index is 12.3. The molecule has 0 spiro atoms. The van der Waals surface area contributed by atoms with Crippen molar-refractivity contribution in [3.05, 3.63) is 12.4 Å². The molecule has 2 heterocycles. The van der Waals surface area contributed by atoms with Crippen molar-refractivity contribution in [1.29, 1.82) is 0 Å². The number of carbonyl (C=O) groups is 1. The van der Waals surface area contributed by atoms with Gasteiger partial charge in [-0.1, -0.05) is 0 Å². The smallest absolute Gasteiger partial charge is 0.317 e. The summed E-state index contributed by atoms with van der Waals surface area (Å²) in [5.74, 6) is 1.21. The molecule has 0 saturated carbocycles. The van der Waals surface area contributed by atoms with Gasteiger partial charge in [0.15, 0.2) is 5.82 Å². The molecule has 0 aliphatic carbocycles. The lowest BCUT2D eigenvalue weighted by Gasteiger charge is -2.35. The monoisotopic (exact) mass is 321 g/mol. The molecule has 1 aliphatic heterocycles. The largest absolute Gasteiger partial charge is 0.470 e. The van der Waals surface area contributed by atoms with E-state index in [1.807, 2.05) is 44.7 Å². The topological polar surface area (TPSA) is 70.6 Å². The molecule has 1 aliphatic rings. The lowest BCUT2D eigenvalue weighted by Crippen LogP contribution is -2.53. The number of aromatic nitrogens is 2. The Labute approximate surface area is 138 Å². The zero-order valence-electron chi connectivity index (χ0n) is 14.7. The van der Waals surface area contributed by atoms with Crippen molar-refractivity contribution in [2.75, 3.05) is 32.1 Å². The molecule has 0 radical (unpaired) electrons. The average molecular weight is 321 g/mol. The second-order valence-corrected chi connectivity index (χ2v) is 7.09. The molecule has 2 rings (SSSR count). The molecule has 7 nitrogen and oxygen atoms in total. The average Bonchev–Trinajstić information content (AvgIpc) is 2.46. The first-order valence-electron chi connectivity index (χ1n) is 7.98. The lowest BCUT2D eigenvalue weighted by atomic mass is 10.1. The second-order valence-electron chi connectivity index (χ2n) is 7.09. The highest BCUT2D eigenvalue weighted by Gasteiger charge is 2.28. The van der Waals surface area contributed by atoms with Crippen LogP contribution in [0.5, 0.6) is 5.88 Å². The third kappa shape index (κ3) is 4.97. The van der Waals surface area contributed by atoms with Crippen LogP contribution >= 0.6 is 0 Å². The van der Waals surface area contributed by atoms with Crippen molar-refractivity contribution in [2.24, 2.45) is 0 Å². The Hall–Kier alpha value is -2.05. The van der Waals surface area contributed by atoms with Crippen LogP contribution in [-0.2, 0) is 0 Å². The highest BCUT2D eigenvalue weighted by molar-refractivity contribution is 5.75. The predicted octanol–water partition coefficient (Wildman–Crippen LogP) is 1.89. The van der Waals surface area contributed by atoms with Crippen LogP contribution in [0.4, 0.5) is 10.6 Å². The van der Waals surface area contributed by atoms with Gasteiger partial charge >= 0.3 is 6.03 Å². The molecule has 1 saturated heterocycles. The van der Waals surface area contributed by atoms with Gasteiger partial charge < -0.3 is 19.9 Å². The van der Waals surface area contributed by atoms with Gasteiger partial charge in [0.25, 0.3) is 5.88 Å². The molecule has 1 atom stereocenters. The molecule has 0 aromatic carbocycles. The number of hydrogen-bond donors (Lipinski definition) is 1. The molecule has 23 heavy (non-hydrogen) atoms. The standard InChI is InChI=1S/C16H27N5O2/c1-16(2,3)19-15(22)21-10-6-7-12(11-21)23-14-13(20(4)5)17-8-9-18-14/h8-9,12H,6-7,10-11H2,1-5H3,(H,19,22). The molecule has 1 fully saturated rings. The van der Waals surface area contributed by atoms with E-state index in [1.165, 1.54) is 0 Å². The van der Waals surface area contributed by atoms with Crippen LogP contribution in [0.1, 0.15) is 33.6 Å². The molecule has 128 valence electrons. The first-order valence-corrected chi connectivity index (χ1v) is 7.98. The summed E-state index contributed by atoms with van der Waals surface area (Å²) in [5.41, 5.74) is -0.242. The van der Waals surface area contributed by atoms with Crippen molar-refractivity contribution in [1.82, 2.24) is 20.2 Å². The van der Waals surface area contributed by atoms with E-state index in [0.717, 1.165) is 19.4 Å². The van der Waals surface area contributed by atoms with Crippen LogP contribution in [-0.4, -0.2) is 59.7 Å². The fraction of sp³-hybridized carbons (Fsp3) is 0.688. The van der Waals surface area contributed by atoms with Crippen LogP contribution in [0.2, 0.25) is 0 Å². The number of urea groups is 1. The van der Waals surface area contributed by atoms with Crippen molar-refractivity contribution in [2.45, 2.75) is 45.3 Å². The van der Waals surface area contributed by atoms with Gasteiger partial charge in [0.2, 0.25) is 0 Å². The summed E-state index contributed by atoms with van der Waals surface area (Å²) in [5, 5.41) is 3.00. The highest BCUT2D eigenvalue weighted by Crippen LogP contribution is 2.24. The summed E-state index contributed by atoms with van der Waals surface area (Å²) in [6.45, 7) is 7.25. The maximum atomic E-state index is 12.3. The number of ether oxygens (including phenoxy) is 1. The van der Waals surface area contributed by atoms with Crippen molar-refractivity contribution < 1.29 is 9.53 Å². The number of carbonyl (C=O) groups excluding carboxylic acids is 1. The van der Waals surface area contributed by atoms with E-state index in [1.54, 1.807) is 12.4 Å². The Morgan fingerprint density at radius 2 is 2.04 bits per heavy atom. The number of nitrogens with zero attached hydrogens (tertiary/aromatic N) is 4. The molecular formula is C16H27N5O2. The fourth-order valence-electron chi connectivity index (χ4n) is 2.48. The van der Waals surface area contributed by atoms with Crippen molar-refractivity contribution in [3.63, 3.8) is 0 Å². The Kier molecular flexibility index (Phi) is 5.28. The lowest BCUT2D eigenvalue weighted by molar-refractivity contribution is 0.0954. The number of anilines is 1. The van der Waals surface area contributed by atoms with Gasteiger partial charge in [-0.2, -0.15) is 0 Å². The van der Waals surface area contributed by atoms with Crippen LogP contribution in [0, 0.1) is 0 Å². The second kappa shape index (κ2) is 7.02. The summed E-state index contributed by atoms with van der Waals surface area (Å²) in [7, 11) is 3.81. The normalized spacial score (nSPS) is 18.5. The van der Waals surface area contributed by atoms with Crippen LogP contribution in [0.3, 0.4) is 0 Å². The molecule has 1 aromatic rings. The van der Waals surface area contributed by atoms with E-state index in [9.17, 15) is 4.79 Å². The van der Waals surface area contributed by atoms with Gasteiger partial charge in [0.05, 0.1) is 6.54 Å². The Morgan fingerprint density at radius 3 is 2.70 bits per heavy atom. The van der Waals surface area contributed by atoms with E-state index in [2.05, 4.69) is 15.3 Å². The molecular weight excluding hydrogens is 294 g/mol. The van der Waals surface area contributed by atoms with Crippen LogP contribution in [0.25, 0.3) is 0 Å². The summed E-state index contributed by atoms with van der Waals surface area (Å²) in [4.78, 5) is 24.6. The summed E-state index contributed by atoms with van der Waals surface area (Å²) in [6.07, 6.45) is 5.02. The SMILES string of the molecule is CN(C)c1nccnc1OC1CCCN(C(=O)NC(C)(C)C)C1. The number of likely N-dealkylation sites (tertiary alicyclic amines) is 1. The van der Waals surface area contributed by atoms with Gasteiger partial charge in [-0.3, -0.25) is 0 Å². The third-order valence-corrected chi connectivity index (χ3v) is 3.50. The van der Waals surface area contributed by atoms with E-state index in [4.69, 9.17) is 4.74 Å². The zero-order chi connectivity index (χ0) is 17.0. The minimum Gasteiger partial charge on any atom is -0.470 e.